The Hall–Kier alpha value is -0.830. The highest BCUT2D eigenvalue weighted by molar-refractivity contribution is 14.0. The Morgan fingerprint density at radius 2 is 2.09 bits per heavy atom. The van der Waals surface area contributed by atoms with Crippen LogP contribution >= 0.6 is 24.0 Å². The molecule has 0 aliphatic heterocycles. The van der Waals surface area contributed by atoms with Crippen LogP contribution in [-0.4, -0.2) is 52.9 Å². The number of nitrogens with zero attached hydrogens (tertiary/aromatic N) is 4. The summed E-state index contributed by atoms with van der Waals surface area (Å²) in [7, 11) is 1.94. The highest BCUT2D eigenvalue weighted by Gasteiger charge is 2.06. The van der Waals surface area contributed by atoms with E-state index in [4.69, 9.17) is 0 Å². The molecule has 0 aliphatic carbocycles. The molecule has 0 aliphatic rings. The molecule has 128 valence electrons. The Morgan fingerprint density at radius 3 is 2.59 bits per heavy atom. The normalized spacial score (nSPS) is 11.7. The lowest BCUT2D eigenvalue weighted by Crippen LogP contribution is -2.43. The molecule has 1 rings (SSSR count). The molecule has 6 nitrogen and oxygen atoms in total. The van der Waals surface area contributed by atoms with E-state index in [1.165, 1.54) is 0 Å². The molecule has 0 saturated heterocycles. The van der Waals surface area contributed by atoms with Crippen LogP contribution in [0.25, 0.3) is 0 Å². The molecule has 2 N–H and O–H groups in total. The number of hydrogen-bond acceptors (Lipinski definition) is 3. The van der Waals surface area contributed by atoms with Crippen LogP contribution in [-0.2, 0) is 13.6 Å². The van der Waals surface area contributed by atoms with Gasteiger partial charge in [-0.2, -0.15) is 5.10 Å². The number of halogens is 1. The number of guanidine groups is 1. The first-order valence-electron chi connectivity index (χ1n) is 7.81. The molecule has 7 heteroatoms. The monoisotopic (exact) mass is 422 g/mol. The molecule has 0 unspecified atom stereocenters. The smallest absolute Gasteiger partial charge is 0.191 e. The van der Waals surface area contributed by atoms with Gasteiger partial charge in [0.2, 0.25) is 0 Å². The second kappa shape index (κ2) is 11.7. The van der Waals surface area contributed by atoms with Crippen LogP contribution in [0.2, 0.25) is 0 Å². The number of nitrogens with one attached hydrogen (secondary N) is 2. The first-order chi connectivity index (χ1) is 10.1. The number of aliphatic imine (C=N–C) groups is 1. The van der Waals surface area contributed by atoms with Gasteiger partial charge in [0.1, 0.15) is 0 Å². The SMILES string of the molecule is CCNC(=NCc1ccnn1C)NCCN(CC)C(C)C.I. The lowest BCUT2D eigenvalue weighted by atomic mass is 10.3. The van der Waals surface area contributed by atoms with Crippen molar-refractivity contribution in [2.24, 2.45) is 12.0 Å². The second-order valence-corrected chi connectivity index (χ2v) is 5.29. The molecular formula is C15H31IN6. The third kappa shape index (κ3) is 7.44. The van der Waals surface area contributed by atoms with Gasteiger partial charge in [-0.1, -0.05) is 6.92 Å². The predicted octanol–water partition coefficient (Wildman–Crippen LogP) is 1.82. The molecule has 22 heavy (non-hydrogen) atoms. The summed E-state index contributed by atoms with van der Waals surface area (Å²) in [5.41, 5.74) is 1.10. The molecule has 0 atom stereocenters. The van der Waals surface area contributed by atoms with Crippen molar-refractivity contribution in [2.75, 3.05) is 26.2 Å². The number of rotatable bonds is 8. The molecule has 0 amide bonds. The maximum atomic E-state index is 4.60. The predicted molar refractivity (Wildman–Crippen MR) is 104 cm³/mol. The largest absolute Gasteiger partial charge is 0.357 e. The topological polar surface area (TPSA) is 57.5 Å². The molecule has 0 saturated carbocycles. The van der Waals surface area contributed by atoms with Crippen molar-refractivity contribution in [3.05, 3.63) is 18.0 Å². The molecule has 0 aromatic carbocycles. The quantitative estimate of drug-likeness (QED) is 0.381. The zero-order valence-electron chi connectivity index (χ0n) is 14.5. The van der Waals surface area contributed by atoms with Crippen LogP contribution in [0.4, 0.5) is 0 Å². The van der Waals surface area contributed by atoms with Crippen LogP contribution in [0.1, 0.15) is 33.4 Å². The van der Waals surface area contributed by atoms with E-state index in [1.54, 1.807) is 6.20 Å². The highest BCUT2D eigenvalue weighted by atomic mass is 127. The average molecular weight is 422 g/mol. The van der Waals surface area contributed by atoms with Gasteiger partial charge in [-0.15, -0.1) is 24.0 Å². The van der Waals surface area contributed by atoms with Crippen molar-refractivity contribution in [3.63, 3.8) is 0 Å². The van der Waals surface area contributed by atoms with Gasteiger partial charge in [0, 0.05) is 38.9 Å². The number of hydrogen-bond donors (Lipinski definition) is 2. The summed E-state index contributed by atoms with van der Waals surface area (Å²) in [6.45, 7) is 13.2. The third-order valence-electron chi connectivity index (χ3n) is 3.49. The lowest BCUT2D eigenvalue weighted by molar-refractivity contribution is 0.237. The van der Waals surface area contributed by atoms with Crippen molar-refractivity contribution in [3.8, 4) is 0 Å². The zero-order chi connectivity index (χ0) is 15.7. The van der Waals surface area contributed by atoms with Crippen molar-refractivity contribution < 1.29 is 0 Å². The molecular weight excluding hydrogens is 391 g/mol. The Labute approximate surface area is 151 Å². The summed E-state index contributed by atoms with van der Waals surface area (Å²) < 4.78 is 1.85. The minimum atomic E-state index is 0. The van der Waals surface area contributed by atoms with Gasteiger partial charge in [-0.3, -0.25) is 9.58 Å². The van der Waals surface area contributed by atoms with Crippen LogP contribution < -0.4 is 10.6 Å². The third-order valence-corrected chi connectivity index (χ3v) is 3.49. The van der Waals surface area contributed by atoms with Gasteiger partial charge in [0.05, 0.1) is 12.2 Å². The second-order valence-electron chi connectivity index (χ2n) is 5.29. The van der Waals surface area contributed by atoms with Crippen LogP contribution in [0.3, 0.4) is 0 Å². The number of likely N-dealkylation sites (N-methyl/N-ethyl adjacent to an activating group) is 1. The fourth-order valence-electron chi connectivity index (χ4n) is 2.16. The van der Waals surface area contributed by atoms with E-state index in [-0.39, 0.29) is 24.0 Å². The molecule has 1 aromatic heterocycles. The van der Waals surface area contributed by atoms with E-state index in [2.05, 4.69) is 53.3 Å². The summed E-state index contributed by atoms with van der Waals surface area (Å²) in [4.78, 5) is 7.03. The van der Waals surface area contributed by atoms with Crippen LogP contribution in [0, 0.1) is 0 Å². The summed E-state index contributed by atoms with van der Waals surface area (Å²) in [6.07, 6.45) is 1.80. The first-order valence-corrected chi connectivity index (χ1v) is 7.81. The summed E-state index contributed by atoms with van der Waals surface area (Å²) in [5, 5.41) is 10.8. The van der Waals surface area contributed by atoms with Crippen LogP contribution in [0.5, 0.6) is 0 Å². The van der Waals surface area contributed by atoms with Crippen molar-refractivity contribution >= 4 is 29.9 Å². The van der Waals surface area contributed by atoms with E-state index in [9.17, 15) is 0 Å². The number of aryl methyl sites for hydroxylation is 1. The maximum absolute atomic E-state index is 4.60. The van der Waals surface area contributed by atoms with Crippen molar-refractivity contribution in [2.45, 2.75) is 40.3 Å². The molecule has 0 bridgehead atoms. The van der Waals surface area contributed by atoms with Gasteiger partial charge in [-0.25, -0.2) is 4.99 Å². The highest BCUT2D eigenvalue weighted by Crippen LogP contribution is 1.98. The minimum absolute atomic E-state index is 0. The molecule has 1 aromatic rings. The lowest BCUT2D eigenvalue weighted by Gasteiger charge is -2.25. The Morgan fingerprint density at radius 1 is 1.36 bits per heavy atom. The van der Waals surface area contributed by atoms with Gasteiger partial charge in [0.25, 0.3) is 0 Å². The molecule has 0 fully saturated rings. The zero-order valence-corrected chi connectivity index (χ0v) is 16.8. The van der Waals surface area contributed by atoms with Gasteiger partial charge >= 0.3 is 0 Å². The standard InChI is InChI=1S/C15H30N6.HI/c1-6-16-15(17-10-11-21(7-2)13(3)4)18-12-14-8-9-19-20(14)5;/h8-9,13H,6-7,10-12H2,1-5H3,(H2,16,17,18);1H. The Kier molecular flexibility index (Phi) is 11.3. The summed E-state index contributed by atoms with van der Waals surface area (Å²) in [6, 6.07) is 2.57. The maximum Gasteiger partial charge on any atom is 0.191 e. The van der Waals surface area contributed by atoms with Gasteiger partial charge in [-0.05, 0) is 33.4 Å². The Bertz CT molecular complexity index is 429. The van der Waals surface area contributed by atoms with E-state index < -0.39 is 0 Å². The average Bonchev–Trinajstić information content (AvgIpc) is 2.85. The fourth-order valence-corrected chi connectivity index (χ4v) is 2.16. The van der Waals surface area contributed by atoms with E-state index >= 15 is 0 Å². The van der Waals surface area contributed by atoms with Crippen molar-refractivity contribution in [1.82, 2.24) is 25.3 Å². The molecule has 1 heterocycles. The van der Waals surface area contributed by atoms with Crippen LogP contribution in [0.15, 0.2) is 17.3 Å². The van der Waals surface area contributed by atoms with E-state index in [1.807, 2.05) is 17.8 Å². The van der Waals surface area contributed by atoms with Crippen molar-refractivity contribution in [1.29, 1.82) is 0 Å². The minimum Gasteiger partial charge on any atom is -0.357 e. The van der Waals surface area contributed by atoms with Gasteiger partial charge in [0.15, 0.2) is 5.96 Å². The van der Waals surface area contributed by atoms with Gasteiger partial charge < -0.3 is 10.6 Å². The summed E-state index contributed by atoms with van der Waals surface area (Å²) in [5.74, 6) is 0.860. The Balaban J connectivity index is 0.00000441. The summed E-state index contributed by atoms with van der Waals surface area (Å²) >= 11 is 0. The molecule has 0 spiro atoms. The fraction of sp³-hybridized carbons (Fsp3) is 0.733. The van der Waals surface area contributed by atoms with E-state index in [0.29, 0.717) is 12.6 Å². The molecule has 0 radical (unpaired) electrons. The van der Waals surface area contributed by atoms with E-state index in [0.717, 1.165) is 37.8 Å². The number of aromatic nitrogens is 2. The first kappa shape index (κ1) is 21.2.